The Morgan fingerprint density at radius 3 is 2.92 bits per heavy atom. The Balaban J connectivity index is 1.31. The number of aryl methyl sites for hydroxylation is 1. The number of aromatic amines is 1. The van der Waals surface area contributed by atoms with Crippen LogP contribution < -0.4 is 5.32 Å². The first-order valence-corrected chi connectivity index (χ1v) is 7.73. The Labute approximate surface area is 136 Å². The van der Waals surface area contributed by atoms with Gasteiger partial charge in [-0.2, -0.15) is 9.97 Å². The number of nitrogens with zero attached hydrogens (tertiary/aromatic N) is 5. The van der Waals surface area contributed by atoms with Crippen LogP contribution in [0, 0.1) is 0 Å². The van der Waals surface area contributed by atoms with E-state index in [2.05, 4.69) is 35.6 Å². The minimum atomic E-state index is -0.194. The van der Waals surface area contributed by atoms with Gasteiger partial charge in [0.15, 0.2) is 0 Å². The van der Waals surface area contributed by atoms with Gasteiger partial charge in [0.1, 0.15) is 5.82 Å². The second kappa shape index (κ2) is 6.19. The standard InChI is InChI=1S/C15H15N7O2/c23-11(17-15-19-13(20-21-15)9-1-2-9)3-4-12-18-14(22-24-12)10-5-7-16-8-6-10/h5-9H,1-4H2,(H2,17,19,20,21,23). The number of hydrogen-bond acceptors (Lipinski definition) is 7. The molecule has 3 heterocycles. The Kier molecular flexibility index (Phi) is 3.73. The third kappa shape index (κ3) is 3.29. The highest BCUT2D eigenvalue weighted by Gasteiger charge is 2.27. The summed E-state index contributed by atoms with van der Waals surface area (Å²) in [7, 11) is 0. The number of nitrogens with one attached hydrogen (secondary N) is 2. The van der Waals surface area contributed by atoms with Gasteiger partial charge in [0.2, 0.25) is 23.6 Å². The van der Waals surface area contributed by atoms with Crippen LogP contribution in [-0.4, -0.2) is 36.2 Å². The summed E-state index contributed by atoms with van der Waals surface area (Å²) in [4.78, 5) is 24.4. The molecular weight excluding hydrogens is 310 g/mol. The summed E-state index contributed by atoms with van der Waals surface area (Å²) in [6.45, 7) is 0. The van der Waals surface area contributed by atoms with Crippen molar-refractivity contribution in [2.24, 2.45) is 0 Å². The minimum Gasteiger partial charge on any atom is -0.339 e. The van der Waals surface area contributed by atoms with Crippen molar-refractivity contribution in [3.05, 3.63) is 36.2 Å². The molecule has 0 aromatic carbocycles. The monoisotopic (exact) mass is 325 g/mol. The zero-order valence-corrected chi connectivity index (χ0v) is 12.8. The Bertz CT molecular complexity index is 838. The highest BCUT2D eigenvalue weighted by molar-refractivity contribution is 5.88. The van der Waals surface area contributed by atoms with Crippen molar-refractivity contribution in [3.63, 3.8) is 0 Å². The van der Waals surface area contributed by atoms with Crippen molar-refractivity contribution in [1.82, 2.24) is 30.3 Å². The molecule has 24 heavy (non-hydrogen) atoms. The van der Waals surface area contributed by atoms with Crippen LogP contribution in [0.25, 0.3) is 11.4 Å². The fourth-order valence-electron chi connectivity index (χ4n) is 2.25. The predicted molar refractivity (Wildman–Crippen MR) is 82.8 cm³/mol. The molecule has 0 spiro atoms. The number of anilines is 1. The van der Waals surface area contributed by atoms with Crippen LogP contribution in [0.3, 0.4) is 0 Å². The summed E-state index contributed by atoms with van der Waals surface area (Å²) in [6.07, 6.45) is 6.13. The molecule has 3 aromatic heterocycles. The predicted octanol–water partition coefficient (Wildman–Crippen LogP) is 1.70. The van der Waals surface area contributed by atoms with Gasteiger partial charge in [0.25, 0.3) is 0 Å². The number of aromatic nitrogens is 6. The molecule has 0 unspecified atom stereocenters. The Hall–Kier alpha value is -3.10. The zero-order chi connectivity index (χ0) is 16.4. The topological polar surface area (TPSA) is 122 Å². The van der Waals surface area contributed by atoms with Crippen LogP contribution in [0.15, 0.2) is 29.0 Å². The van der Waals surface area contributed by atoms with Crippen LogP contribution in [0.1, 0.15) is 36.9 Å². The van der Waals surface area contributed by atoms with Gasteiger partial charge in [-0.05, 0) is 25.0 Å². The lowest BCUT2D eigenvalue weighted by molar-refractivity contribution is -0.116. The van der Waals surface area contributed by atoms with Gasteiger partial charge >= 0.3 is 0 Å². The van der Waals surface area contributed by atoms with Crippen LogP contribution in [0.2, 0.25) is 0 Å². The van der Waals surface area contributed by atoms with E-state index in [-0.39, 0.29) is 12.3 Å². The van der Waals surface area contributed by atoms with Crippen LogP contribution in [0.4, 0.5) is 5.95 Å². The van der Waals surface area contributed by atoms with E-state index in [1.165, 1.54) is 0 Å². The van der Waals surface area contributed by atoms with Gasteiger partial charge in [-0.3, -0.25) is 20.2 Å². The first-order chi connectivity index (χ1) is 11.8. The number of rotatable bonds is 6. The maximum atomic E-state index is 12.0. The van der Waals surface area contributed by atoms with Gasteiger partial charge in [-0.25, -0.2) is 0 Å². The SMILES string of the molecule is O=C(CCc1nc(-c2ccncc2)no1)Nc1n[nH]c(C2CC2)n1. The number of pyridine rings is 1. The maximum absolute atomic E-state index is 12.0. The van der Waals surface area contributed by atoms with E-state index in [4.69, 9.17) is 4.52 Å². The largest absolute Gasteiger partial charge is 0.339 e. The number of hydrogen-bond donors (Lipinski definition) is 2. The molecule has 1 aliphatic rings. The second-order valence-corrected chi connectivity index (χ2v) is 5.61. The van der Waals surface area contributed by atoms with Crippen molar-refractivity contribution in [2.75, 3.05) is 5.32 Å². The molecule has 1 saturated carbocycles. The summed E-state index contributed by atoms with van der Waals surface area (Å²) in [5.74, 6) is 2.31. The molecule has 0 saturated heterocycles. The summed E-state index contributed by atoms with van der Waals surface area (Å²) >= 11 is 0. The highest BCUT2D eigenvalue weighted by Crippen LogP contribution is 2.38. The van der Waals surface area contributed by atoms with Crippen molar-refractivity contribution in [3.8, 4) is 11.4 Å². The van der Waals surface area contributed by atoms with E-state index < -0.39 is 0 Å². The first kappa shape index (κ1) is 14.5. The highest BCUT2D eigenvalue weighted by atomic mass is 16.5. The number of H-pyrrole nitrogens is 1. The van der Waals surface area contributed by atoms with Crippen molar-refractivity contribution in [1.29, 1.82) is 0 Å². The normalized spacial score (nSPS) is 13.8. The fraction of sp³-hybridized carbons (Fsp3) is 0.333. The molecule has 0 bridgehead atoms. The van der Waals surface area contributed by atoms with Crippen LogP contribution >= 0.6 is 0 Å². The Morgan fingerprint density at radius 1 is 1.29 bits per heavy atom. The third-order valence-corrected chi connectivity index (χ3v) is 3.69. The lowest BCUT2D eigenvalue weighted by Crippen LogP contribution is -2.13. The van der Waals surface area contributed by atoms with Crippen LogP contribution in [-0.2, 0) is 11.2 Å². The van der Waals surface area contributed by atoms with Crippen molar-refractivity contribution >= 4 is 11.9 Å². The molecule has 1 fully saturated rings. The lowest BCUT2D eigenvalue weighted by Gasteiger charge is -1.97. The van der Waals surface area contributed by atoms with E-state index >= 15 is 0 Å². The van der Waals surface area contributed by atoms with Gasteiger partial charge < -0.3 is 4.52 Å². The van der Waals surface area contributed by atoms with Crippen LogP contribution in [0.5, 0.6) is 0 Å². The van der Waals surface area contributed by atoms with Gasteiger partial charge in [0.05, 0.1) is 0 Å². The summed E-state index contributed by atoms with van der Waals surface area (Å²) < 4.78 is 5.16. The average molecular weight is 325 g/mol. The van der Waals surface area contributed by atoms with E-state index in [0.29, 0.717) is 30.0 Å². The quantitative estimate of drug-likeness (QED) is 0.707. The van der Waals surface area contributed by atoms with Gasteiger partial charge in [-0.15, -0.1) is 5.10 Å². The van der Waals surface area contributed by atoms with Crippen molar-refractivity contribution in [2.45, 2.75) is 31.6 Å². The maximum Gasteiger partial charge on any atom is 0.248 e. The zero-order valence-electron chi connectivity index (χ0n) is 12.8. The van der Waals surface area contributed by atoms with E-state index in [1.807, 2.05) is 0 Å². The Morgan fingerprint density at radius 2 is 2.12 bits per heavy atom. The van der Waals surface area contributed by atoms with Gasteiger partial charge in [-0.1, -0.05) is 5.16 Å². The molecule has 1 aliphatic carbocycles. The fourth-order valence-corrected chi connectivity index (χ4v) is 2.25. The van der Waals surface area contributed by atoms with E-state index in [1.54, 1.807) is 24.5 Å². The molecular formula is C15H15N7O2. The van der Waals surface area contributed by atoms with E-state index in [9.17, 15) is 4.79 Å². The summed E-state index contributed by atoms with van der Waals surface area (Å²) in [5.41, 5.74) is 0.817. The summed E-state index contributed by atoms with van der Waals surface area (Å²) in [5, 5.41) is 13.4. The molecule has 4 rings (SSSR count). The lowest BCUT2D eigenvalue weighted by atomic mass is 10.2. The molecule has 9 nitrogen and oxygen atoms in total. The second-order valence-electron chi connectivity index (χ2n) is 5.61. The van der Waals surface area contributed by atoms with E-state index in [0.717, 1.165) is 24.2 Å². The molecule has 3 aromatic rings. The molecule has 1 amide bonds. The molecule has 0 atom stereocenters. The molecule has 0 radical (unpaired) electrons. The molecule has 122 valence electrons. The third-order valence-electron chi connectivity index (χ3n) is 3.69. The number of amides is 1. The summed E-state index contributed by atoms with van der Waals surface area (Å²) in [6, 6.07) is 3.59. The molecule has 0 aliphatic heterocycles. The minimum absolute atomic E-state index is 0.194. The first-order valence-electron chi connectivity index (χ1n) is 7.73. The number of carbonyl (C=O) groups excluding carboxylic acids is 1. The molecule has 9 heteroatoms. The average Bonchev–Trinajstić information content (AvgIpc) is 3.17. The van der Waals surface area contributed by atoms with Gasteiger partial charge in [0, 0.05) is 36.7 Å². The molecule has 2 N–H and O–H groups in total. The van der Waals surface area contributed by atoms with Crippen molar-refractivity contribution < 1.29 is 9.32 Å². The smallest absolute Gasteiger partial charge is 0.248 e. The number of carbonyl (C=O) groups is 1.